The Hall–Kier alpha value is -3.76. The van der Waals surface area contributed by atoms with E-state index in [1.165, 1.54) is 24.1 Å². The van der Waals surface area contributed by atoms with Crippen molar-refractivity contribution in [1.29, 1.82) is 0 Å². The van der Waals surface area contributed by atoms with Gasteiger partial charge in [0.05, 0.1) is 20.2 Å². The molecule has 0 unspecified atom stereocenters. The van der Waals surface area contributed by atoms with Crippen LogP contribution in [-0.2, 0) is 13.1 Å². The number of anilines is 1. The van der Waals surface area contributed by atoms with Gasteiger partial charge in [-0.05, 0) is 42.0 Å². The van der Waals surface area contributed by atoms with E-state index >= 15 is 0 Å². The molecule has 1 aromatic heterocycles. The Bertz CT molecular complexity index is 1130. The molecule has 0 saturated heterocycles. The monoisotopic (exact) mass is 420 g/mol. The van der Waals surface area contributed by atoms with E-state index in [-0.39, 0.29) is 24.7 Å². The number of carbonyl (C=O) groups excluding carboxylic acids is 1. The summed E-state index contributed by atoms with van der Waals surface area (Å²) in [5.41, 5.74) is 0.502. The number of nitrogens with zero attached hydrogens (tertiary/aromatic N) is 4. The van der Waals surface area contributed by atoms with Gasteiger partial charge in [-0.15, -0.1) is 13.2 Å². The van der Waals surface area contributed by atoms with Crippen molar-refractivity contribution in [2.45, 2.75) is 19.5 Å². The molecule has 0 N–H and O–H groups in total. The largest absolute Gasteiger partial charge is 0.573 e. The molecule has 0 atom stereocenters. The van der Waals surface area contributed by atoms with E-state index in [9.17, 15) is 22.8 Å². The number of hydrogen-bond acceptors (Lipinski definition) is 5. The van der Waals surface area contributed by atoms with Crippen LogP contribution in [0, 0.1) is 0 Å². The average Bonchev–Trinajstić information content (AvgIpc) is 3.19. The van der Waals surface area contributed by atoms with Crippen LogP contribution in [0.4, 0.5) is 23.7 Å². The molecule has 0 radical (unpaired) electrons. The molecular weight excluding hydrogens is 405 g/mol. The van der Waals surface area contributed by atoms with Crippen LogP contribution < -0.4 is 20.1 Å². The number of alkyl halides is 3. The first-order valence-electron chi connectivity index (χ1n) is 8.74. The van der Waals surface area contributed by atoms with Gasteiger partial charge in [-0.2, -0.15) is 9.67 Å². The number of methoxy groups -OCH3 is 1. The van der Waals surface area contributed by atoms with E-state index in [1.54, 1.807) is 24.3 Å². The third kappa shape index (κ3) is 3.73. The van der Waals surface area contributed by atoms with Gasteiger partial charge in [-0.3, -0.25) is 4.90 Å². The van der Waals surface area contributed by atoms with Crippen LogP contribution >= 0.6 is 0 Å². The second-order valence-electron chi connectivity index (χ2n) is 6.45. The van der Waals surface area contributed by atoms with Gasteiger partial charge in [0, 0.05) is 5.69 Å². The van der Waals surface area contributed by atoms with E-state index in [1.807, 2.05) is 0 Å². The zero-order valence-electron chi connectivity index (χ0n) is 15.6. The standard InChI is InChI=1S/C19H15F3N4O4/c1-29-14-8-4-13(5-9-14)24-11-16-23-25(18(28)26(16)17(24)27)10-12-2-6-15(7-3-12)30-19(20,21)22/h2-9H,10-11H2,1H3. The van der Waals surface area contributed by atoms with E-state index in [0.717, 1.165) is 21.4 Å². The van der Waals surface area contributed by atoms with Gasteiger partial charge in [0.15, 0.2) is 5.82 Å². The lowest BCUT2D eigenvalue weighted by Crippen LogP contribution is -2.35. The molecule has 3 aromatic rings. The molecule has 0 fully saturated rings. The molecule has 30 heavy (non-hydrogen) atoms. The summed E-state index contributed by atoms with van der Waals surface area (Å²) < 4.78 is 47.7. The summed E-state index contributed by atoms with van der Waals surface area (Å²) in [7, 11) is 1.53. The Morgan fingerprint density at radius 3 is 2.20 bits per heavy atom. The lowest BCUT2D eigenvalue weighted by atomic mass is 10.2. The molecule has 11 heteroatoms. The van der Waals surface area contributed by atoms with Crippen LogP contribution in [0.5, 0.6) is 11.5 Å². The van der Waals surface area contributed by atoms with Crippen molar-refractivity contribution in [2.75, 3.05) is 12.0 Å². The van der Waals surface area contributed by atoms with Gasteiger partial charge in [0.25, 0.3) is 0 Å². The first-order chi connectivity index (χ1) is 14.2. The van der Waals surface area contributed by atoms with E-state index < -0.39 is 18.1 Å². The summed E-state index contributed by atoms with van der Waals surface area (Å²) in [6.07, 6.45) is -4.78. The van der Waals surface area contributed by atoms with Crippen molar-refractivity contribution < 1.29 is 27.4 Å². The summed E-state index contributed by atoms with van der Waals surface area (Å²) in [5.74, 6) is 0.547. The smallest absolute Gasteiger partial charge is 0.497 e. The minimum Gasteiger partial charge on any atom is -0.497 e. The third-order valence-electron chi connectivity index (χ3n) is 4.50. The summed E-state index contributed by atoms with van der Waals surface area (Å²) >= 11 is 0. The normalized spacial score (nSPS) is 13.5. The van der Waals surface area contributed by atoms with Crippen molar-refractivity contribution in [3.05, 3.63) is 70.4 Å². The Kier molecular flexibility index (Phi) is 4.72. The number of amides is 1. The number of hydrogen-bond donors (Lipinski definition) is 0. The first-order valence-corrected chi connectivity index (χ1v) is 8.74. The van der Waals surface area contributed by atoms with Crippen LogP contribution in [0.25, 0.3) is 0 Å². The van der Waals surface area contributed by atoms with Crippen LogP contribution in [0.1, 0.15) is 11.4 Å². The molecule has 0 aliphatic carbocycles. The number of carbonyl (C=O) groups is 1. The number of halogens is 3. The fourth-order valence-corrected chi connectivity index (χ4v) is 3.11. The molecule has 2 heterocycles. The van der Waals surface area contributed by atoms with Gasteiger partial charge in [0.2, 0.25) is 0 Å². The molecular formula is C19H15F3N4O4. The summed E-state index contributed by atoms with van der Waals surface area (Å²) in [6, 6.07) is 11.4. The minimum atomic E-state index is -4.78. The number of benzene rings is 2. The van der Waals surface area contributed by atoms with Gasteiger partial charge in [-0.1, -0.05) is 12.1 Å². The van der Waals surface area contributed by atoms with Crippen LogP contribution in [0.2, 0.25) is 0 Å². The van der Waals surface area contributed by atoms with Gasteiger partial charge < -0.3 is 9.47 Å². The van der Waals surface area contributed by atoms with Crippen LogP contribution in [-0.4, -0.2) is 33.9 Å². The maximum Gasteiger partial charge on any atom is 0.573 e. The quantitative estimate of drug-likeness (QED) is 0.634. The molecule has 1 aliphatic heterocycles. The number of rotatable bonds is 5. The Morgan fingerprint density at radius 1 is 1.00 bits per heavy atom. The highest BCUT2D eigenvalue weighted by Crippen LogP contribution is 2.25. The second kappa shape index (κ2) is 7.25. The van der Waals surface area contributed by atoms with Crippen molar-refractivity contribution >= 4 is 11.7 Å². The molecule has 1 aliphatic rings. The fourth-order valence-electron chi connectivity index (χ4n) is 3.11. The summed E-state index contributed by atoms with van der Waals surface area (Å²) in [6.45, 7) is 0.118. The van der Waals surface area contributed by atoms with Crippen LogP contribution in [0.15, 0.2) is 53.3 Å². The van der Waals surface area contributed by atoms with Crippen LogP contribution in [0.3, 0.4) is 0 Å². The summed E-state index contributed by atoms with van der Waals surface area (Å²) in [4.78, 5) is 26.7. The molecule has 0 spiro atoms. The zero-order chi connectivity index (χ0) is 21.5. The van der Waals surface area contributed by atoms with Crippen molar-refractivity contribution in [1.82, 2.24) is 14.3 Å². The Morgan fingerprint density at radius 2 is 1.63 bits per heavy atom. The predicted octanol–water partition coefficient (Wildman–Crippen LogP) is 2.99. The topological polar surface area (TPSA) is 78.6 Å². The van der Waals surface area contributed by atoms with E-state index in [0.29, 0.717) is 17.0 Å². The maximum atomic E-state index is 12.7. The van der Waals surface area contributed by atoms with Crippen molar-refractivity contribution in [3.63, 3.8) is 0 Å². The van der Waals surface area contributed by atoms with Gasteiger partial charge in [-0.25, -0.2) is 14.3 Å². The van der Waals surface area contributed by atoms with Crippen molar-refractivity contribution in [3.8, 4) is 11.5 Å². The SMILES string of the molecule is COc1ccc(N2Cc3nn(Cc4ccc(OC(F)(F)F)cc4)c(=O)n3C2=O)cc1. The average molecular weight is 420 g/mol. The fraction of sp³-hybridized carbons (Fsp3) is 0.211. The maximum absolute atomic E-state index is 12.7. The van der Waals surface area contributed by atoms with Crippen molar-refractivity contribution in [2.24, 2.45) is 0 Å². The van der Waals surface area contributed by atoms with E-state index in [4.69, 9.17) is 4.74 Å². The first kappa shape index (κ1) is 19.6. The third-order valence-corrected chi connectivity index (χ3v) is 4.50. The van der Waals surface area contributed by atoms with Gasteiger partial charge in [0.1, 0.15) is 11.5 Å². The molecule has 156 valence electrons. The van der Waals surface area contributed by atoms with Gasteiger partial charge >= 0.3 is 18.1 Å². The Balaban J connectivity index is 1.51. The second-order valence-corrected chi connectivity index (χ2v) is 6.45. The number of aromatic nitrogens is 3. The molecule has 0 saturated carbocycles. The predicted molar refractivity (Wildman–Crippen MR) is 98.7 cm³/mol. The lowest BCUT2D eigenvalue weighted by Gasteiger charge is -2.15. The number of fused-ring (bicyclic) bond motifs is 1. The highest BCUT2D eigenvalue weighted by Gasteiger charge is 2.33. The minimum absolute atomic E-state index is 0.000940. The lowest BCUT2D eigenvalue weighted by molar-refractivity contribution is -0.274. The molecule has 0 bridgehead atoms. The van der Waals surface area contributed by atoms with E-state index in [2.05, 4.69) is 9.84 Å². The molecule has 2 aromatic carbocycles. The highest BCUT2D eigenvalue weighted by molar-refractivity contribution is 5.96. The highest BCUT2D eigenvalue weighted by atomic mass is 19.4. The Labute approximate surface area is 167 Å². The molecule has 8 nitrogen and oxygen atoms in total. The molecule has 1 amide bonds. The number of ether oxygens (including phenoxy) is 2. The summed E-state index contributed by atoms with van der Waals surface area (Å²) in [5, 5.41) is 4.20. The molecule has 4 rings (SSSR count). The zero-order valence-corrected chi connectivity index (χ0v) is 15.6.